The number of nitrogens with two attached hydrogens (primary N) is 1. The van der Waals surface area contributed by atoms with E-state index in [9.17, 15) is 4.79 Å². The number of para-hydroxylation sites is 1. The van der Waals surface area contributed by atoms with Crippen molar-refractivity contribution in [2.45, 2.75) is 77.7 Å². The van der Waals surface area contributed by atoms with Crippen LogP contribution >= 0.6 is 0 Å². The van der Waals surface area contributed by atoms with Crippen molar-refractivity contribution in [2.24, 2.45) is 5.73 Å². The van der Waals surface area contributed by atoms with Gasteiger partial charge in [0, 0.05) is 29.7 Å². The number of aryl methyl sites for hydroxylation is 1. The van der Waals surface area contributed by atoms with Crippen LogP contribution in [-0.4, -0.2) is 24.3 Å². The zero-order valence-electron chi connectivity index (χ0n) is 23.7. The molecular weight excluding hydrogens is 502 g/mol. The number of furan rings is 1. The summed E-state index contributed by atoms with van der Waals surface area (Å²) in [6.45, 7) is 7.27. The molecular formula is C34H39NO5. The van der Waals surface area contributed by atoms with Crippen molar-refractivity contribution >= 4 is 16.9 Å². The van der Waals surface area contributed by atoms with E-state index in [1.165, 1.54) is 0 Å². The lowest BCUT2D eigenvalue weighted by molar-refractivity contribution is -0.153. The van der Waals surface area contributed by atoms with Gasteiger partial charge >= 0.3 is 5.97 Å². The highest BCUT2D eigenvalue weighted by atomic mass is 16.6. The SMILES string of the molecule is CC(C)(C)OC(=O)Cc1ccccc1OCc1coc2c(CC[C@H]3CCCO3)cc(-c3cccc(CN)c3)cc12. The van der Waals surface area contributed by atoms with E-state index in [-0.39, 0.29) is 12.4 Å². The van der Waals surface area contributed by atoms with Gasteiger partial charge in [0.05, 0.1) is 18.8 Å². The molecule has 0 aliphatic carbocycles. The van der Waals surface area contributed by atoms with Gasteiger partial charge in [-0.2, -0.15) is 0 Å². The van der Waals surface area contributed by atoms with E-state index in [0.717, 1.165) is 76.6 Å². The normalized spacial score (nSPS) is 15.4. The lowest BCUT2D eigenvalue weighted by atomic mass is 9.95. The summed E-state index contributed by atoms with van der Waals surface area (Å²) >= 11 is 0. The molecule has 0 radical (unpaired) electrons. The van der Waals surface area contributed by atoms with Crippen LogP contribution in [0.25, 0.3) is 22.1 Å². The summed E-state index contributed by atoms with van der Waals surface area (Å²) in [5.41, 5.74) is 12.5. The first-order valence-corrected chi connectivity index (χ1v) is 14.2. The Morgan fingerprint density at radius 2 is 1.85 bits per heavy atom. The average molecular weight is 542 g/mol. The Morgan fingerprint density at radius 3 is 2.62 bits per heavy atom. The third-order valence-corrected chi connectivity index (χ3v) is 7.20. The fourth-order valence-electron chi connectivity index (χ4n) is 5.27. The van der Waals surface area contributed by atoms with Gasteiger partial charge in [-0.25, -0.2) is 0 Å². The van der Waals surface area contributed by atoms with Crippen LogP contribution in [0.3, 0.4) is 0 Å². The fourth-order valence-corrected chi connectivity index (χ4v) is 5.27. The monoisotopic (exact) mass is 541 g/mol. The molecule has 2 heterocycles. The molecule has 1 saturated heterocycles. The van der Waals surface area contributed by atoms with Gasteiger partial charge in [0.1, 0.15) is 23.5 Å². The van der Waals surface area contributed by atoms with Crippen LogP contribution in [-0.2, 0) is 40.3 Å². The highest BCUT2D eigenvalue weighted by molar-refractivity contribution is 5.89. The predicted octanol–water partition coefficient (Wildman–Crippen LogP) is 7.13. The quantitative estimate of drug-likeness (QED) is 0.215. The maximum absolute atomic E-state index is 12.5. The minimum atomic E-state index is -0.536. The first kappa shape index (κ1) is 27.9. The zero-order chi connectivity index (χ0) is 28.1. The van der Waals surface area contributed by atoms with Gasteiger partial charge in [0.2, 0.25) is 0 Å². The highest BCUT2D eigenvalue weighted by Crippen LogP contribution is 2.34. The molecule has 40 heavy (non-hydrogen) atoms. The molecule has 6 nitrogen and oxygen atoms in total. The summed E-state index contributed by atoms with van der Waals surface area (Å²) in [4.78, 5) is 12.5. The molecule has 3 aromatic carbocycles. The van der Waals surface area contributed by atoms with Gasteiger partial charge < -0.3 is 24.4 Å². The van der Waals surface area contributed by atoms with Crippen LogP contribution in [0, 0.1) is 0 Å². The number of rotatable bonds is 10. The molecule has 1 fully saturated rings. The number of carbonyl (C=O) groups excluding carboxylic acids is 1. The second-order valence-electron chi connectivity index (χ2n) is 11.5. The van der Waals surface area contributed by atoms with E-state index >= 15 is 0 Å². The molecule has 1 aliphatic rings. The van der Waals surface area contributed by atoms with E-state index in [1.54, 1.807) is 6.26 Å². The average Bonchev–Trinajstić information content (AvgIpc) is 3.60. The van der Waals surface area contributed by atoms with E-state index in [1.807, 2.05) is 51.1 Å². The molecule has 1 aromatic heterocycles. The maximum atomic E-state index is 12.5. The minimum Gasteiger partial charge on any atom is -0.488 e. The molecule has 1 aliphatic heterocycles. The van der Waals surface area contributed by atoms with Crippen molar-refractivity contribution in [1.82, 2.24) is 0 Å². The summed E-state index contributed by atoms with van der Waals surface area (Å²) < 4.78 is 23.8. The van der Waals surface area contributed by atoms with Gasteiger partial charge in [-0.3, -0.25) is 4.79 Å². The van der Waals surface area contributed by atoms with Crippen molar-refractivity contribution < 1.29 is 23.4 Å². The van der Waals surface area contributed by atoms with Gasteiger partial charge in [0.25, 0.3) is 0 Å². The van der Waals surface area contributed by atoms with E-state index < -0.39 is 5.60 Å². The Balaban J connectivity index is 1.42. The summed E-state index contributed by atoms with van der Waals surface area (Å²) in [6.07, 6.45) is 6.32. The largest absolute Gasteiger partial charge is 0.488 e. The Kier molecular flexibility index (Phi) is 8.57. The second kappa shape index (κ2) is 12.3. The molecule has 0 spiro atoms. The molecule has 5 rings (SSSR count). The van der Waals surface area contributed by atoms with Crippen LogP contribution in [0.1, 0.15) is 62.3 Å². The molecule has 6 heteroatoms. The summed E-state index contributed by atoms with van der Waals surface area (Å²) in [7, 11) is 0. The van der Waals surface area contributed by atoms with Crippen molar-refractivity contribution in [3.05, 3.63) is 89.2 Å². The number of esters is 1. The number of ether oxygens (including phenoxy) is 3. The summed E-state index contributed by atoms with van der Waals surface area (Å²) in [5, 5.41) is 1.03. The molecule has 0 bridgehead atoms. The summed E-state index contributed by atoms with van der Waals surface area (Å²) in [5.74, 6) is 0.380. The Morgan fingerprint density at radius 1 is 1.00 bits per heavy atom. The molecule has 1 atom stereocenters. The molecule has 4 aromatic rings. The number of hydrogen-bond donors (Lipinski definition) is 1. The van der Waals surface area contributed by atoms with E-state index in [2.05, 4.69) is 30.3 Å². The van der Waals surface area contributed by atoms with Crippen LogP contribution in [0.4, 0.5) is 0 Å². The van der Waals surface area contributed by atoms with Crippen molar-refractivity contribution in [1.29, 1.82) is 0 Å². The minimum absolute atomic E-state index is 0.147. The third-order valence-electron chi connectivity index (χ3n) is 7.20. The lowest BCUT2D eigenvalue weighted by Crippen LogP contribution is -2.25. The van der Waals surface area contributed by atoms with Crippen LogP contribution < -0.4 is 10.5 Å². The van der Waals surface area contributed by atoms with Gasteiger partial charge in [-0.1, -0.05) is 36.4 Å². The summed E-state index contributed by atoms with van der Waals surface area (Å²) in [6, 6.07) is 20.4. The highest BCUT2D eigenvalue weighted by Gasteiger charge is 2.20. The number of benzene rings is 3. The lowest BCUT2D eigenvalue weighted by Gasteiger charge is -2.20. The fraction of sp³-hybridized carbons (Fsp3) is 0.382. The van der Waals surface area contributed by atoms with Gasteiger partial charge in [-0.05, 0) is 93.0 Å². The van der Waals surface area contributed by atoms with Gasteiger partial charge in [0.15, 0.2) is 0 Å². The number of carbonyl (C=O) groups is 1. The topological polar surface area (TPSA) is 83.9 Å². The van der Waals surface area contributed by atoms with Crippen LogP contribution in [0.2, 0.25) is 0 Å². The van der Waals surface area contributed by atoms with Crippen LogP contribution in [0.15, 0.2) is 71.3 Å². The molecule has 0 saturated carbocycles. The molecule has 210 valence electrons. The molecule has 2 N–H and O–H groups in total. The first-order valence-electron chi connectivity index (χ1n) is 14.2. The van der Waals surface area contributed by atoms with Crippen LogP contribution in [0.5, 0.6) is 5.75 Å². The third kappa shape index (κ3) is 6.93. The molecule has 0 unspecified atom stereocenters. The predicted molar refractivity (Wildman–Crippen MR) is 157 cm³/mol. The molecule has 0 amide bonds. The Labute approximate surface area is 236 Å². The van der Waals surface area contributed by atoms with Crippen molar-refractivity contribution in [3.8, 4) is 16.9 Å². The zero-order valence-corrected chi connectivity index (χ0v) is 23.7. The number of fused-ring (bicyclic) bond motifs is 1. The second-order valence-corrected chi connectivity index (χ2v) is 11.5. The van der Waals surface area contributed by atoms with Crippen molar-refractivity contribution in [2.75, 3.05) is 6.61 Å². The first-order chi connectivity index (χ1) is 19.3. The van der Waals surface area contributed by atoms with Gasteiger partial charge in [-0.15, -0.1) is 0 Å². The van der Waals surface area contributed by atoms with Crippen molar-refractivity contribution in [3.63, 3.8) is 0 Å². The Hall–Kier alpha value is -3.61. The Bertz CT molecular complexity index is 1460. The van der Waals surface area contributed by atoms with E-state index in [4.69, 9.17) is 24.4 Å². The van der Waals surface area contributed by atoms with E-state index in [0.29, 0.717) is 25.0 Å². The maximum Gasteiger partial charge on any atom is 0.310 e. The standard InChI is InChI=1S/C34H39NO5/c1-34(2,3)40-32(36)19-25-9-4-5-12-31(25)38-21-28-22-39-33-26(13-14-29-11-7-15-37-29)17-27(18-30(28)33)24-10-6-8-23(16-24)20-35/h4-6,8-10,12,16-18,22,29H,7,11,13-15,19-21,35H2,1-3H3/t29-/m1/s1. The smallest absolute Gasteiger partial charge is 0.310 e. The number of hydrogen-bond acceptors (Lipinski definition) is 6.